The predicted octanol–water partition coefficient (Wildman–Crippen LogP) is 15.7. The number of esters is 1. The smallest absolute Gasteiger partial charge is 0.306 e. The first-order chi connectivity index (χ1) is 33.9. The molecule has 0 aromatic rings. The summed E-state index contributed by atoms with van der Waals surface area (Å²) < 4.78 is 30.1. The lowest BCUT2D eigenvalue weighted by molar-refractivity contribution is -0.870. The molecule has 0 saturated carbocycles. The Morgan fingerprint density at radius 3 is 1.53 bits per heavy atom. The molecular formula is C60H101N2O7P. The van der Waals surface area contributed by atoms with Gasteiger partial charge in [-0.2, -0.15) is 0 Å². The van der Waals surface area contributed by atoms with Crippen LogP contribution >= 0.6 is 7.82 Å². The molecule has 0 aromatic carbocycles. The van der Waals surface area contributed by atoms with Gasteiger partial charge in [0.2, 0.25) is 5.91 Å². The van der Waals surface area contributed by atoms with Crippen LogP contribution in [-0.4, -0.2) is 69.4 Å². The first-order valence-corrected chi connectivity index (χ1v) is 28.8. The van der Waals surface area contributed by atoms with Gasteiger partial charge in [-0.3, -0.25) is 14.2 Å². The van der Waals surface area contributed by atoms with Crippen LogP contribution in [0.5, 0.6) is 0 Å². The van der Waals surface area contributed by atoms with Crippen molar-refractivity contribution in [3.8, 4) is 0 Å². The van der Waals surface area contributed by atoms with Crippen LogP contribution in [0.2, 0.25) is 0 Å². The molecule has 0 radical (unpaired) electrons. The second-order valence-corrected chi connectivity index (χ2v) is 20.4. The van der Waals surface area contributed by atoms with Crippen molar-refractivity contribution in [1.82, 2.24) is 5.32 Å². The normalized spacial score (nSPS) is 14.8. The zero-order valence-corrected chi connectivity index (χ0v) is 46.1. The number of phosphoric ester groups is 1. The minimum atomic E-state index is -4.72. The number of carbonyl (C=O) groups is 2. The van der Waals surface area contributed by atoms with Crippen LogP contribution in [0.3, 0.4) is 0 Å². The van der Waals surface area contributed by atoms with Crippen molar-refractivity contribution in [1.29, 1.82) is 0 Å². The van der Waals surface area contributed by atoms with E-state index in [9.17, 15) is 19.0 Å². The van der Waals surface area contributed by atoms with E-state index in [4.69, 9.17) is 13.8 Å². The van der Waals surface area contributed by atoms with E-state index < -0.39 is 26.6 Å². The molecule has 1 N–H and O–H groups in total. The Morgan fingerprint density at radius 1 is 0.529 bits per heavy atom. The number of phosphoric acid groups is 1. The molecule has 10 heteroatoms. The molecule has 1 amide bonds. The fourth-order valence-electron chi connectivity index (χ4n) is 7.01. The Morgan fingerprint density at radius 2 is 1.00 bits per heavy atom. The molecule has 3 atom stereocenters. The maximum atomic E-state index is 13.4. The van der Waals surface area contributed by atoms with Crippen molar-refractivity contribution in [2.24, 2.45) is 0 Å². The van der Waals surface area contributed by atoms with Gasteiger partial charge in [0.25, 0.3) is 7.82 Å². The largest absolute Gasteiger partial charge is 0.756 e. The van der Waals surface area contributed by atoms with Crippen molar-refractivity contribution in [2.45, 2.75) is 206 Å². The highest BCUT2D eigenvalue weighted by Gasteiger charge is 2.27. The van der Waals surface area contributed by atoms with E-state index in [2.05, 4.69) is 117 Å². The van der Waals surface area contributed by atoms with Gasteiger partial charge in [0, 0.05) is 12.8 Å². The van der Waals surface area contributed by atoms with Crippen LogP contribution in [0.15, 0.2) is 122 Å². The van der Waals surface area contributed by atoms with Crippen LogP contribution in [0, 0.1) is 0 Å². The molecule has 70 heavy (non-hydrogen) atoms. The second-order valence-electron chi connectivity index (χ2n) is 19.0. The van der Waals surface area contributed by atoms with E-state index in [1.54, 1.807) is 6.08 Å². The van der Waals surface area contributed by atoms with Gasteiger partial charge in [-0.05, 0) is 89.5 Å². The summed E-state index contributed by atoms with van der Waals surface area (Å²) in [7, 11) is 1.10. The minimum absolute atomic E-state index is 0.0462. The van der Waals surface area contributed by atoms with E-state index in [-0.39, 0.29) is 31.3 Å². The van der Waals surface area contributed by atoms with Gasteiger partial charge >= 0.3 is 5.97 Å². The number of allylic oxidation sites excluding steroid dienone is 19. The van der Waals surface area contributed by atoms with Gasteiger partial charge in [0.1, 0.15) is 19.3 Å². The number of ether oxygens (including phenoxy) is 1. The van der Waals surface area contributed by atoms with Crippen LogP contribution in [0.4, 0.5) is 0 Å². The van der Waals surface area contributed by atoms with Crippen LogP contribution in [0.1, 0.15) is 194 Å². The molecule has 0 aliphatic rings. The Balaban J connectivity index is 5.54. The first-order valence-electron chi connectivity index (χ1n) is 27.4. The summed E-state index contributed by atoms with van der Waals surface area (Å²) in [5.41, 5.74) is 0. The summed E-state index contributed by atoms with van der Waals surface area (Å²) in [6.07, 6.45) is 67.6. The molecular weight excluding hydrogens is 892 g/mol. The van der Waals surface area contributed by atoms with Crippen LogP contribution < -0.4 is 10.2 Å². The van der Waals surface area contributed by atoms with Gasteiger partial charge in [0.05, 0.1) is 33.8 Å². The van der Waals surface area contributed by atoms with Gasteiger partial charge in [-0.1, -0.05) is 213 Å². The number of unbranched alkanes of at least 4 members (excludes halogenated alkanes) is 15. The van der Waals surface area contributed by atoms with Crippen LogP contribution in [-0.2, 0) is 27.9 Å². The Kier molecular flexibility index (Phi) is 46.5. The van der Waals surface area contributed by atoms with Gasteiger partial charge in [-0.25, -0.2) is 0 Å². The number of carbonyl (C=O) groups excluding carboxylic acids is 2. The third-order valence-corrected chi connectivity index (χ3v) is 12.2. The molecule has 0 aliphatic carbocycles. The molecule has 398 valence electrons. The lowest BCUT2D eigenvalue weighted by atomic mass is 10.1. The van der Waals surface area contributed by atoms with Gasteiger partial charge < -0.3 is 28.5 Å². The standard InChI is InChI=1S/C60H101N2O7P/c1-7-10-13-16-19-22-25-28-29-30-31-32-33-35-37-40-43-46-49-52-59(63)61-57(56-68-70(65,66)67-55-54-62(4,5)6)58(51-48-45-42-39-36-27-24-21-18-15-12-9-3)69-60(64)53-50-47-44-41-38-34-26-23-20-17-14-11-8-2/h10-11,13-14,17,19-20,22-23,26,28-29,31-32,35,37,43,46,48,51,57-58H,7-9,12,15-16,18,21,24-25,27,30,33-34,36,38-42,44-45,47,49-50,52-56H2,1-6H3,(H-,61,63,65,66)/b13-10-,14-11+,20-17+,22-19-,26-23-,29-28-,32-31-,37-35-,46-43-,51-48-. The number of hydrogen-bond donors (Lipinski definition) is 1. The molecule has 0 spiro atoms. The third-order valence-electron chi connectivity index (χ3n) is 11.2. The Hall–Kier alpha value is -3.59. The van der Waals surface area contributed by atoms with E-state index in [1.807, 2.05) is 45.4 Å². The average molecular weight is 993 g/mol. The first kappa shape index (κ1) is 66.4. The monoisotopic (exact) mass is 993 g/mol. The summed E-state index contributed by atoms with van der Waals surface area (Å²) in [6.45, 7) is 6.48. The molecule has 0 aliphatic heterocycles. The zero-order chi connectivity index (χ0) is 51.5. The summed E-state index contributed by atoms with van der Waals surface area (Å²) >= 11 is 0. The predicted molar refractivity (Wildman–Crippen MR) is 297 cm³/mol. The molecule has 3 unspecified atom stereocenters. The lowest BCUT2D eigenvalue weighted by Crippen LogP contribution is -2.47. The van der Waals surface area contributed by atoms with E-state index >= 15 is 0 Å². The number of amides is 1. The highest BCUT2D eigenvalue weighted by atomic mass is 31.2. The minimum Gasteiger partial charge on any atom is -0.756 e. The summed E-state index contributed by atoms with van der Waals surface area (Å²) in [4.78, 5) is 39.7. The average Bonchev–Trinajstić information content (AvgIpc) is 3.32. The summed E-state index contributed by atoms with van der Waals surface area (Å²) in [6, 6.07) is -0.944. The number of quaternary nitrogens is 1. The zero-order valence-electron chi connectivity index (χ0n) is 45.2. The van der Waals surface area contributed by atoms with Gasteiger partial charge in [0.15, 0.2) is 0 Å². The summed E-state index contributed by atoms with van der Waals surface area (Å²) in [5.74, 6) is -0.676. The maximum Gasteiger partial charge on any atom is 0.306 e. The summed E-state index contributed by atoms with van der Waals surface area (Å²) in [5, 5.41) is 2.96. The Bertz CT molecular complexity index is 1610. The fraction of sp³-hybridized carbons (Fsp3) is 0.633. The van der Waals surface area contributed by atoms with Gasteiger partial charge in [-0.15, -0.1) is 0 Å². The lowest BCUT2D eigenvalue weighted by Gasteiger charge is -2.30. The molecule has 0 saturated heterocycles. The molecule has 0 fully saturated rings. The number of likely N-dealkylation sites (N-methyl/N-ethyl adjacent to an activating group) is 1. The number of rotatable bonds is 47. The van der Waals surface area contributed by atoms with E-state index in [1.165, 1.54) is 51.4 Å². The van der Waals surface area contributed by atoms with Crippen LogP contribution in [0.25, 0.3) is 0 Å². The maximum absolute atomic E-state index is 13.4. The molecule has 0 rings (SSSR count). The fourth-order valence-corrected chi connectivity index (χ4v) is 7.74. The highest BCUT2D eigenvalue weighted by molar-refractivity contribution is 7.45. The molecule has 0 bridgehead atoms. The molecule has 0 aromatic heterocycles. The Labute approximate surface area is 429 Å². The topological polar surface area (TPSA) is 114 Å². The van der Waals surface area contributed by atoms with Crippen molar-refractivity contribution in [2.75, 3.05) is 40.9 Å². The molecule has 9 nitrogen and oxygen atoms in total. The highest BCUT2D eigenvalue weighted by Crippen LogP contribution is 2.38. The number of nitrogens with zero attached hydrogens (tertiary/aromatic N) is 1. The van der Waals surface area contributed by atoms with Crippen molar-refractivity contribution in [3.05, 3.63) is 122 Å². The third kappa shape index (κ3) is 49.4. The van der Waals surface area contributed by atoms with E-state index in [0.717, 1.165) is 96.3 Å². The number of nitrogens with one attached hydrogen (secondary N) is 1. The number of hydrogen-bond acceptors (Lipinski definition) is 7. The second kappa shape index (κ2) is 49.0. The molecule has 0 heterocycles. The quantitative estimate of drug-likeness (QED) is 0.0161. The van der Waals surface area contributed by atoms with E-state index in [0.29, 0.717) is 23.9 Å². The van der Waals surface area contributed by atoms with Crippen molar-refractivity contribution in [3.63, 3.8) is 0 Å². The van der Waals surface area contributed by atoms with Crippen molar-refractivity contribution < 1.29 is 37.3 Å². The SMILES string of the molecule is CC/C=C\C/C=C\C/C=C\C/C=C\C/C=C\C/C=C\CCC(=O)NC(COP(=O)([O-])OCC[N+](C)(C)C)C(/C=C\CCCCCCCCCCCC)OC(=O)CCCCCCC\C=C/C=C/C=C/CC. The van der Waals surface area contributed by atoms with Crippen molar-refractivity contribution >= 4 is 19.7 Å².